The van der Waals surface area contributed by atoms with Crippen LogP contribution in [0, 0.1) is 11.8 Å². The molecule has 0 aromatic heterocycles. The van der Waals surface area contributed by atoms with Gasteiger partial charge in [0, 0.05) is 0 Å². The minimum Gasteiger partial charge on any atom is -0.0656 e. The summed E-state index contributed by atoms with van der Waals surface area (Å²) in [4.78, 5) is 0. The predicted octanol–water partition coefficient (Wildman–Crippen LogP) is 5.42. The van der Waals surface area contributed by atoms with E-state index in [1.54, 1.807) is 0 Å². The van der Waals surface area contributed by atoms with Gasteiger partial charge < -0.3 is 0 Å². The maximum Gasteiger partial charge on any atom is -0.0417 e. The van der Waals surface area contributed by atoms with Gasteiger partial charge in [-0.3, -0.25) is 0 Å². The predicted molar refractivity (Wildman–Crippen MR) is 66.6 cm³/mol. The topological polar surface area (TPSA) is 0 Å². The summed E-state index contributed by atoms with van der Waals surface area (Å²) in [6.07, 6.45) is 11.6. The average Bonchev–Trinajstić information content (AvgIpc) is 2.87. The van der Waals surface area contributed by atoms with Gasteiger partial charge in [-0.2, -0.15) is 0 Å². The van der Waals surface area contributed by atoms with E-state index in [9.17, 15) is 0 Å². The summed E-state index contributed by atoms with van der Waals surface area (Å²) in [6.45, 7) is 8.79. The van der Waals surface area contributed by atoms with Gasteiger partial charge in [0.2, 0.25) is 0 Å². The second-order valence-corrected chi connectivity index (χ2v) is 4.76. The van der Waals surface area contributed by atoms with Crippen LogP contribution in [0.15, 0.2) is 0 Å². The fourth-order valence-electron chi connectivity index (χ4n) is 1.43. The van der Waals surface area contributed by atoms with Crippen molar-refractivity contribution < 1.29 is 0 Å². The van der Waals surface area contributed by atoms with Crippen molar-refractivity contribution in [3.63, 3.8) is 0 Å². The lowest BCUT2D eigenvalue weighted by Gasteiger charge is -2.22. The molecule has 0 radical (unpaired) electrons. The quantitative estimate of drug-likeness (QED) is 0.556. The van der Waals surface area contributed by atoms with Gasteiger partial charge in [0.15, 0.2) is 0 Å². The molecular weight excluding hydrogens is 168 g/mol. The molecule has 0 atom stereocenters. The molecule has 0 aliphatic heterocycles. The third-order valence-corrected chi connectivity index (χ3v) is 3.08. The first-order valence-corrected chi connectivity index (χ1v) is 6.78. The Bertz CT molecular complexity index is 95.9. The largest absolute Gasteiger partial charge is 0.0656 e. The normalized spacial score (nSPS) is 19.7. The third kappa shape index (κ3) is 8.59. The van der Waals surface area contributed by atoms with Crippen molar-refractivity contribution in [2.75, 3.05) is 0 Å². The molecule has 0 saturated heterocycles. The molecule has 0 heterocycles. The van der Waals surface area contributed by atoms with Crippen LogP contribution >= 0.6 is 0 Å². The molecule has 0 heteroatoms. The monoisotopic (exact) mass is 198 g/mol. The summed E-state index contributed by atoms with van der Waals surface area (Å²) in [5.74, 6) is 2.25. The molecule has 2 saturated carbocycles. The smallest absolute Gasteiger partial charge is 0.0417 e. The van der Waals surface area contributed by atoms with E-state index in [0.29, 0.717) is 0 Å². The maximum atomic E-state index is 2.28. The molecule has 0 aromatic rings. The van der Waals surface area contributed by atoms with Crippen molar-refractivity contribution in [3.05, 3.63) is 0 Å². The van der Waals surface area contributed by atoms with Crippen LogP contribution in [-0.4, -0.2) is 0 Å². The molecule has 0 N–H and O–H groups in total. The zero-order chi connectivity index (χ0) is 10.8. The van der Waals surface area contributed by atoms with Crippen LogP contribution in [0.3, 0.4) is 0 Å². The Morgan fingerprint density at radius 1 is 0.714 bits per heavy atom. The van der Waals surface area contributed by atoms with Crippen molar-refractivity contribution in [1.29, 1.82) is 0 Å². The molecule has 86 valence electrons. The van der Waals surface area contributed by atoms with E-state index in [2.05, 4.69) is 27.7 Å². The van der Waals surface area contributed by atoms with Gasteiger partial charge in [-0.1, -0.05) is 79.1 Å². The molecule has 0 nitrogen and oxygen atoms in total. The first-order valence-electron chi connectivity index (χ1n) is 6.78. The Morgan fingerprint density at radius 2 is 1.07 bits per heavy atom. The van der Waals surface area contributed by atoms with Gasteiger partial charge in [-0.05, 0) is 11.8 Å². The van der Waals surface area contributed by atoms with E-state index in [-0.39, 0.29) is 0 Å². The van der Waals surface area contributed by atoms with Crippen LogP contribution in [0.4, 0.5) is 0 Å². The summed E-state index contributed by atoms with van der Waals surface area (Å²) in [5, 5.41) is 0. The SMILES string of the molecule is CCC.CCC1CC1.CCC1CCC1. The standard InChI is InChI=1S/C6H12.C5H10.C3H8/c1-2-6-4-3-5-6;1-2-5-3-4-5;1-3-2/h6H,2-5H2,1H3;5H,2-4H2,1H3;3H2,1-2H3. The summed E-state index contributed by atoms with van der Waals surface area (Å²) >= 11 is 0. The van der Waals surface area contributed by atoms with Gasteiger partial charge in [0.05, 0.1) is 0 Å². The first-order chi connectivity index (χ1) is 6.78. The average molecular weight is 198 g/mol. The van der Waals surface area contributed by atoms with Crippen molar-refractivity contribution in [1.82, 2.24) is 0 Å². The Hall–Kier alpha value is 0. The first kappa shape index (κ1) is 14.0. The fraction of sp³-hybridized carbons (Fsp3) is 1.00. The lowest BCUT2D eigenvalue weighted by molar-refractivity contribution is 0.307. The lowest BCUT2D eigenvalue weighted by Crippen LogP contribution is -2.08. The third-order valence-electron chi connectivity index (χ3n) is 3.08. The molecule has 0 aromatic carbocycles. The zero-order valence-corrected chi connectivity index (χ0v) is 10.8. The van der Waals surface area contributed by atoms with Crippen molar-refractivity contribution in [2.24, 2.45) is 11.8 Å². The Morgan fingerprint density at radius 3 is 1.07 bits per heavy atom. The van der Waals surface area contributed by atoms with E-state index in [1.807, 2.05) is 0 Å². The Kier molecular flexibility index (Phi) is 9.55. The van der Waals surface area contributed by atoms with E-state index in [4.69, 9.17) is 0 Å². The highest BCUT2D eigenvalue weighted by molar-refractivity contribution is 4.69. The van der Waals surface area contributed by atoms with E-state index >= 15 is 0 Å². The van der Waals surface area contributed by atoms with Crippen LogP contribution in [0.5, 0.6) is 0 Å². The second-order valence-electron chi connectivity index (χ2n) is 4.76. The van der Waals surface area contributed by atoms with Crippen LogP contribution in [-0.2, 0) is 0 Å². The molecule has 2 fully saturated rings. The van der Waals surface area contributed by atoms with Gasteiger partial charge in [-0.15, -0.1) is 0 Å². The lowest BCUT2D eigenvalue weighted by atomic mass is 9.84. The molecule has 2 aliphatic rings. The van der Waals surface area contributed by atoms with E-state index in [1.165, 1.54) is 51.4 Å². The molecule has 0 bridgehead atoms. The van der Waals surface area contributed by atoms with Gasteiger partial charge in [0.25, 0.3) is 0 Å². The van der Waals surface area contributed by atoms with Crippen LogP contribution in [0.2, 0.25) is 0 Å². The zero-order valence-electron chi connectivity index (χ0n) is 10.8. The summed E-state index contributed by atoms with van der Waals surface area (Å²) < 4.78 is 0. The molecule has 2 aliphatic carbocycles. The van der Waals surface area contributed by atoms with Crippen LogP contribution in [0.1, 0.15) is 79.1 Å². The van der Waals surface area contributed by atoms with Gasteiger partial charge in [0.1, 0.15) is 0 Å². The Labute approximate surface area is 91.5 Å². The highest BCUT2D eigenvalue weighted by Gasteiger charge is 2.17. The minimum atomic E-state index is 1.12. The van der Waals surface area contributed by atoms with Crippen LogP contribution in [0.25, 0.3) is 0 Å². The molecule has 0 spiro atoms. The number of hydrogen-bond acceptors (Lipinski definition) is 0. The number of rotatable bonds is 2. The van der Waals surface area contributed by atoms with Gasteiger partial charge in [-0.25, -0.2) is 0 Å². The van der Waals surface area contributed by atoms with Crippen LogP contribution < -0.4 is 0 Å². The maximum absolute atomic E-state index is 2.28. The highest BCUT2D eigenvalue weighted by Crippen LogP contribution is 2.31. The van der Waals surface area contributed by atoms with E-state index < -0.39 is 0 Å². The molecular formula is C14H30. The molecule has 0 amide bonds. The van der Waals surface area contributed by atoms with E-state index in [0.717, 1.165) is 11.8 Å². The van der Waals surface area contributed by atoms with Crippen molar-refractivity contribution in [2.45, 2.75) is 79.1 Å². The molecule has 14 heavy (non-hydrogen) atoms. The summed E-state index contributed by atoms with van der Waals surface area (Å²) in [7, 11) is 0. The summed E-state index contributed by atoms with van der Waals surface area (Å²) in [6, 6.07) is 0. The van der Waals surface area contributed by atoms with Crippen molar-refractivity contribution >= 4 is 0 Å². The molecule has 2 rings (SSSR count). The van der Waals surface area contributed by atoms with Crippen molar-refractivity contribution in [3.8, 4) is 0 Å². The second kappa shape index (κ2) is 9.55. The highest BCUT2D eigenvalue weighted by atomic mass is 14.2. The van der Waals surface area contributed by atoms with Gasteiger partial charge >= 0.3 is 0 Å². The Balaban J connectivity index is 0.000000193. The fourth-order valence-corrected chi connectivity index (χ4v) is 1.43. The summed E-state index contributed by atoms with van der Waals surface area (Å²) in [5.41, 5.74) is 0. The minimum absolute atomic E-state index is 1.12. The molecule has 0 unspecified atom stereocenters. The number of hydrogen-bond donors (Lipinski definition) is 0.